The minimum Gasteiger partial charge on any atom is -0.396 e. The fourth-order valence-corrected chi connectivity index (χ4v) is 1.65. The molecule has 2 heterocycles. The maximum atomic E-state index is 9.03. The Morgan fingerprint density at radius 1 is 1.44 bits per heavy atom. The van der Waals surface area contributed by atoms with E-state index < -0.39 is 0 Å². The summed E-state index contributed by atoms with van der Waals surface area (Å²) in [4.78, 5) is 8.75. The molecule has 0 saturated carbocycles. The topological polar surface area (TPSA) is 74.5 Å². The zero-order valence-electron chi connectivity index (χ0n) is 10.7. The molecule has 18 heavy (non-hydrogen) atoms. The van der Waals surface area contributed by atoms with E-state index in [2.05, 4.69) is 20.6 Å². The predicted molar refractivity (Wildman–Crippen MR) is 71.9 cm³/mol. The number of aliphatic hydroxyl groups excluding tert-OH is 1. The lowest BCUT2D eigenvalue weighted by Gasteiger charge is -2.12. The van der Waals surface area contributed by atoms with E-state index in [4.69, 9.17) is 5.11 Å². The van der Waals surface area contributed by atoms with Crippen LogP contribution in [-0.2, 0) is 0 Å². The Hall–Kier alpha value is -1.82. The van der Waals surface area contributed by atoms with Crippen LogP contribution in [0.4, 0.5) is 11.6 Å². The Bertz CT molecular complexity index is 510. The van der Waals surface area contributed by atoms with Crippen molar-refractivity contribution in [2.75, 3.05) is 30.3 Å². The molecule has 0 spiro atoms. The number of nitrogens with one attached hydrogen (secondary N) is 2. The van der Waals surface area contributed by atoms with Crippen LogP contribution in [0.25, 0.3) is 5.65 Å². The van der Waals surface area contributed by atoms with Crippen LogP contribution in [0.15, 0.2) is 18.6 Å². The van der Waals surface area contributed by atoms with Crippen LogP contribution in [0.5, 0.6) is 0 Å². The van der Waals surface area contributed by atoms with E-state index in [1.165, 1.54) is 0 Å². The molecule has 0 fully saturated rings. The number of aliphatic hydroxyl groups is 1. The first-order chi connectivity index (χ1) is 8.74. The van der Waals surface area contributed by atoms with E-state index in [1.807, 2.05) is 30.6 Å². The van der Waals surface area contributed by atoms with Gasteiger partial charge in [-0.2, -0.15) is 0 Å². The predicted octanol–water partition coefficient (Wildman–Crippen LogP) is 1.20. The van der Waals surface area contributed by atoms with Gasteiger partial charge in [0.1, 0.15) is 5.82 Å². The first kappa shape index (κ1) is 12.6. The van der Waals surface area contributed by atoms with Crippen LogP contribution < -0.4 is 10.6 Å². The highest BCUT2D eigenvalue weighted by atomic mass is 16.3. The van der Waals surface area contributed by atoms with Crippen LogP contribution in [-0.4, -0.2) is 39.2 Å². The van der Waals surface area contributed by atoms with Crippen molar-refractivity contribution in [2.45, 2.75) is 13.8 Å². The molecule has 0 aliphatic carbocycles. The lowest BCUT2D eigenvalue weighted by molar-refractivity contribution is 0.244. The largest absolute Gasteiger partial charge is 0.396 e. The summed E-state index contributed by atoms with van der Waals surface area (Å²) in [6, 6.07) is 0. The summed E-state index contributed by atoms with van der Waals surface area (Å²) >= 11 is 0. The normalized spacial score (nSPS) is 12.6. The van der Waals surface area contributed by atoms with Crippen molar-refractivity contribution in [1.29, 1.82) is 0 Å². The Morgan fingerprint density at radius 3 is 3.00 bits per heavy atom. The van der Waals surface area contributed by atoms with Crippen molar-refractivity contribution in [2.24, 2.45) is 5.92 Å². The molecule has 0 aromatic carbocycles. The molecule has 3 N–H and O–H groups in total. The van der Waals surface area contributed by atoms with Gasteiger partial charge in [-0.3, -0.25) is 0 Å². The smallest absolute Gasteiger partial charge is 0.180 e. The quantitative estimate of drug-likeness (QED) is 0.717. The van der Waals surface area contributed by atoms with Crippen LogP contribution in [0.2, 0.25) is 0 Å². The minimum atomic E-state index is 0.157. The van der Waals surface area contributed by atoms with Gasteiger partial charge in [0.15, 0.2) is 11.5 Å². The monoisotopic (exact) mass is 249 g/mol. The first-order valence-electron chi connectivity index (χ1n) is 6.17. The van der Waals surface area contributed by atoms with Gasteiger partial charge in [0.05, 0.1) is 6.20 Å². The molecule has 98 valence electrons. The van der Waals surface area contributed by atoms with Crippen molar-refractivity contribution in [1.82, 2.24) is 14.4 Å². The number of fused-ring (bicyclic) bond motifs is 1. The number of aromatic nitrogens is 3. The van der Waals surface area contributed by atoms with Gasteiger partial charge in [-0.15, -0.1) is 0 Å². The molecule has 2 aromatic rings. The lowest BCUT2D eigenvalue weighted by Crippen LogP contribution is -2.16. The van der Waals surface area contributed by atoms with Gasteiger partial charge < -0.3 is 20.1 Å². The molecule has 0 bridgehead atoms. The Morgan fingerprint density at radius 2 is 2.28 bits per heavy atom. The Kier molecular flexibility index (Phi) is 3.99. The lowest BCUT2D eigenvalue weighted by atomic mass is 10.2. The zero-order chi connectivity index (χ0) is 13.0. The van der Waals surface area contributed by atoms with Crippen LogP contribution >= 0.6 is 0 Å². The van der Waals surface area contributed by atoms with Gasteiger partial charge >= 0.3 is 0 Å². The molecule has 0 saturated heterocycles. The molecule has 2 rings (SSSR count). The molecule has 0 aliphatic heterocycles. The summed E-state index contributed by atoms with van der Waals surface area (Å²) in [5.41, 5.74) is 0.793. The van der Waals surface area contributed by atoms with Crippen molar-refractivity contribution < 1.29 is 5.11 Å². The minimum absolute atomic E-state index is 0.157. The number of nitrogens with zero attached hydrogens (tertiary/aromatic N) is 3. The average Bonchev–Trinajstić information content (AvgIpc) is 2.84. The second-order valence-corrected chi connectivity index (χ2v) is 4.33. The average molecular weight is 249 g/mol. The zero-order valence-corrected chi connectivity index (χ0v) is 10.7. The highest BCUT2D eigenvalue weighted by molar-refractivity contribution is 5.65. The van der Waals surface area contributed by atoms with Crippen LogP contribution in [0.3, 0.4) is 0 Å². The third-order valence-corrected chi connectivity index (χ3v) is 2.66. The number of hydrogen-bond donors (Lipinski definition) is 3. The molecule has 0 aliphatic rings. The maximum absolute atomic E-state index is 9.03. The second-order valence-electron chi connectivity index (χ2n) is 4.33. The summed E-state index contributed by atoms with van der Waals surface area (Å²) in [7, 11) is 0. The summed E-state index contributed by atoms with van der Waals surface area (Å²) in [6.45, 7) is 5.65. The number of hydrogen-bond acceptors (Lipinski definition) is 5. The Labute approximate surface area is 106 Å². The van der Waals surface area contributed by atoms with Gasteiger partial charge in [-0.1, -0.05) is 6.92 Å². The van der Waals surface area contributed by atoms with Crippen LogP contribution in [0, 0.1) is 5.92 Å². The molecule has 1 unspecified atom stereocenters. The molecule has 0 amide bonds. The van der Waals surface area contributed by atoms with Gasteiger partial charge in [0.25, 0.3) is 0 Å². The van der Waals surface area contributed by atoms with Crippen molar-refractivity contribution in [3.63, 3.8) is 0 Å². The molecule has 1 atom stereocenters. The van der Waals surface area contributed by atoms with E-state index in [1.54, 1.807) is 6.20 Å². The molecular weight excluding hydrogens is 230 g/mol. The number of rotatable bonds is 6. The third-order valence-electron chi connectivity index (χ3n) is 2.66. The van der Waals surface area contributed by atoms with Crippen LogP contribution in [0.1, 0.15) is 13.8 Å². The summed E-state index contributed by atoms with van der Waals surface area (Å²) in [6.07, 6.45) is 5.54. The molecular formula is C12H19N5O. The van der Waals surface area contributed by atoms with Crippen molar-refractivity contribution in [3.8, 4) is 0 Å². The Balaban J connectivity index is 2.25. The van der Waals surface area contributed by atoms with E-state index in [0.717, 1.165) is 23.8 Å². The first-order valence-corrected chi connectivity index (χ1v) is 6.17. The molecule has 0 radical (unpaired) electrons. The highest BCUT2D eigenvalue weighted by Crippen LogP contribution is 2.16. The number of imidazole rings is 1. The third kappa shape index (κ3) is 2.70. The second kappa shape index (κ2) is 5.68. The summed E-state index contributed by atoms with van der Waals surface area (Å²) < 4.78 is 1.93. The van der Waals surface area contributed by atoms with E-state index in [9.17, 15) is 0 Å². The van der Waals surface area contributed by atoms with Gasteiger partial charge in [0, 0.05) is 32.1 Å². The van der Waals surface area contributed by atoms with Gasteiger partial charge in [0.2, 0.25) is 0 Å². The fourth-order valence-electron chi connectivity index (χ4n) is 1.65. The fraction of sp³-hybridized carbons (Fsp3) is 0.500. The highest BCUT2D eigenvalue weighted by Gasteiger charge is 2.08. The molecule has 2 aromatic heterocycles. The summed E-state index contributed by atoms with van der Waals surface area (Å²) in [5, 5.41) is 15.4. The van der Waals surface area contributed by atoms with Crippen molar-refractivity contribution in [3.05, 3.63) is 18.6 Å². The SMILES string of the molecule is CCNc1cn2ccnc2c(NCC(C)CO)n1. The van der Waals surface area contributed by atoms with Gasteiger partial charge in [-0.05, 0) is 12.8 Å². The number of anilines is 2. The van der Waals surface area contributed by atoms with Gasteiger partial charge in [-0.25, -0.2) is 9.97 Å². The molecule has 6 heteroatoms. The van der Waals surface area contributed by atoms with Crippen molar-refractivity contribution >= 4 is 17.3 Å². The standard InChI is InChI=1S/C12H19N5O/c1-3-13-10-7-17-5-4-14-12(17)11(16-10)15-6-9(2)8-18/h4-5,7,9,13,18H,3,6,8H2,1-2H3,(H,15,16). The molecule has 6 nitrogen and oxygen atoms in total. The summed E-state index contributed by atoms with van der Waals surface area (Å²) in [5.74, 6) is 1.73. The maximum Gasteiger partial charge on any atom is 0.180 e. The van der Waals surface area contributed by atoms with E-state index >= 15 is 0 Å². The van der Waals surface area contributed by atoms with E-state index in [-0.39, 0.29) is 12.5 Å². The van der Waals surface area contributed by atoms with E-state index in [0.29, 0.717) is 6.54 Å².